The Morgan fingerprint density at radius 1 is 1.25 bits per heavy atom. The lowest BCUT2D eigenvalue weighted by Gasteiger charge is -2.23. The maximum atomic E-state index is 5.68. The monoisotopic (exact) mass is 245 g/mol. The third-order valence-corrected chi connectivity index (χ3v) is 3.63. The van der Waals surface area contributed by atoms with Crippen molar-refractivity contribution in [3.8, 4) is 0 Å². The molecule has 1 heterocycles. The SMILES string of the molecule is CCN(CCCCCCS)CC1CCCO1. The van der Waals surface area contributed by atoms with Crippen molar-refractivity contribution in [2.45, 2.75) is 51.6 Å². The van der Waals surface area contributed by atoms with Gasteiger partial charge in [-0.3, -0.25) is 0 Å². The highest BCUT2D eigenvalue weighted by Crippen LogP contribution is 2.13. The Morgan fingerprint density at radius 3 is 2.69 bits per heavy atom. The number of rotatable bonds is 9. The molecule has 0 amide bonds. The smallest absolute Gasteiger partial charge is 0.0702 e. The summed E-state index contributed by atoms with van der Waals surface area (Å²) in [5.41, 5.74) is 0. The zero-order chi connectivity index (χ0) is 11.6. The van der Waals surface area contributed by atoms with Crippen LogP contribution < -0.4 is 0 Å². The third kappa shape index (κ3) is 6.12. The number of unbranched alkanes of at least 4 members (excludes halogenated alkanes) is 3. The van der Waals surface area contributed by atoms with Crippen LogP contribution in [0.2, 0.25) is 0 Å². The van der Waals surface area contributed by atoms with E-state index in [1.807, 2.05) is 0 Å². The molecule has 1 rings (SSSR count). The number of thiol groups is 1. The van der Waals surface area contributed by atoms with Crippen molar-refractivity contribution in [1.82, 2.24) is 4.90 Å². The second-order valence-corrected chi connectivity index (χ2v) is 5.11. The fourth-order valence-corrected chi connectivity index (χ4v) is 2.48. The first-order valence-corrected chi connectivity index (χ1v) is 7.45. The highest BCUT2D eigenvalue weighted by atomic mass is 32.1. The maximum absolute atomic E-state index is 5.68. The first kappa shape index (κ1) is 14.3. The highest BCUT2D eigenvalue weighted by Gasteiger charge is 2.17. The molecule has 16 heavy (non-hydrogen) atoms. The maximum Gasteiger partial charge on any atom is 0.0702 e. The Kier molecular flexibility index (Phi) is 8.34. The molecule has 1 atom stereocenters. The topological polar surface area (TPSA) is 12.5 Å². The van der Waals surface area contributed by atoms with Gasteiger partial charge in [-0.2, -0.15) is 12.6 Å². The van der Waals surface area contributed by atoms with Crippen molar-refractivity contribution in [1.29, 1.82) is 0 Å². The molecule has 3 heteroatoms. The minimum Gasteiger partial charge on any atom is -0.377 e. The molecule has 1 fully saturated rings. The summed E-state index contributed by atoms with van der Waals surface area (Å²) in [6.45, 7) is 6.77. The predicted octanol–water partition coefficient (Wildman–Crippen LogP) is 2.98. The van der Waals surface area contributed by atoms with E-state index in [9.17, 15) is 0 Å². The Bertz CT molecular complexity index is 160. The van der Waals surface area contributed by atoms with Gasteiger partial charge in [0.25, 0.3) is 0 Å². The molecule has 0 aromatic rings. The van der Waals surface area contributed by atoms with Gasteiger partial charge >= 0.3 is 0 Å². The number of likely N-dealkylation sites (N-methyl/N-ethyl adjacent to an activating group) is 1. The lowest BCUT2D eigenvalue weighted by atomic mass is 10.2. The second-order valence-electron chi connectivity index (χ2n) is 4.67. The van der Waals surface area contributed by atoms with Gasteiger partial charge in [-0.1, -0.05) is 19.8 Å². The van der Waals surface area contributed by atoms with Gasteiger partial charge in [0.1, 0.15) is 0 Å². The molecule has 0 aromatic carbocycles. The molecule has 0 radical (unpaired) electrons. The summed E-state index contributed by atoms with van der Waals surface area (Å²) >= 11 is 4.23. The molecular weight excluding hydrogens is 218 g/mol. The molecule has 0 spiro atoms. The number of nitrogens with zero attached hydrogens (tertiary/aromatic N) is 1. The van der Waals surface area contributed by atoms with Gasteiger partial charge in [-0.05, 0) is 44.5 Å². The summed E-state index contributed by atoms with van der Waals surface area (Å²) in [7, 11) is 0. The molecule has 0 aromatic heterocycles. The minimum atomic E-state index is 0.511. The third-order valence-electron chi connectivity index (χ3n) is 3.32. The van der Waals surface area contributed by atoms with Crippen LogP contribution in [0.1, 0.15) is 45.4 Å². The first-order chi connectivity index (χ1) is 7.86. The van der Waals surface area contributed by atoms with Crippen LogP contribution >= 0.6 is 12.6 Å². The van der Waals surface area contributed by atoms with E-state index in [2.05, 4.69) is 24.5 Å². The van der Waals surface area contributed by atoms with Crippen LogP contribution in [0.4, 0.5) is 0 Å². The van der Waals surface area contributed by atoms with Crippen molar-refractivity contribution in [3.63, 3.8) is 0 Å². The van der Waals surface area contributed by atoms with Crippen LogP contribution in [0, 0.1) is 0 Å². The average Bonchev–Trinajstić information content (AvgIpc) is 2.80. The second kappa shape index (κ2) is 9.32. The van der Waals surface area contributed by atoms with Crippen LogP contribution in [-0.4, -0.2) is 43.0 Å². The fourth-order valence-electron chi connectivity index (χ4n) is 2.26. The quantitative estimate of drug-likeness (QED) is 0.495. The van der Waals surface area contributed by atoms with Crippen LogP contribution in [0.3, 0.4) is 0 Å². The van der Waals surface area contributed by atoms with Crippen molar-refractivity contribution in [3.05, 3.63) is 0 Å². The molecule has 1 unspecified atom stereocenters. The Hall–Kier alpha value is 0.270. The lowest BCUT2D eigenvalue weighted by molar-refractivity contribution is 0.0742. The highest BCUT2D eigenvalue weighted by molar-refractivity contribution is 7.80. The number of ether oxygens (including phenoxy) is 1. The first-order valence-electron chi connectivity index (χ1n) is 6.81. The predicted molar refractivity (Wildman–Crippen MR) is 73.4 cm³/mol. The standard InChI is InChI=1S/C13H27NOS/c1-2-14(9-5-3-4-6-11-16)12-13-8-7-10-15-13/h13,16H,2-12H2,1H3. The van der Waals surface area contributed by atoms with Gasteiger partial charge in [0, 0.05) is 13.2 Å². The van der Waals surface area contributed by atoms with Crippen LogP contribution in [-0.2, 0) is 4.74 Å². The van der Waals surface area contributed by atoms with E-state index in [1.165, 1.54) is 45.1 Å². The van der Waals surface area contributed by atoms with Crippen LogP contribution in [0.15, 0.2) is 0 Å². The summed E-state index contributed by atoms with van der Waals surface area (Å²) in [5, 5.41) is 0. The molecular formula is C13H27NOS. The van der Waals surface area contributed by atoms with Crippen molar-refractivity contribution in [2.24, 2.45) is 0 Å². The molecule has 1 aliphatic heterocycles. The Balaban J connectivity index is 2.01. The number of hydrogen-bond acceptors (Lipinski definition) is 3. The summed E-state index contributed by atoms with van der Waals surface area (Å²) in [4.78, 5) is 2.54. The Morgan fingerprint density at radius 2 is 2.06 bits per heavy atom. The van der Waals surface area contributed by atoms with Crippen LogP contribution in [0.25, 0.3) is 0 Å². The van der Waals surface area contributed by atoms with Gasteiger partial charge in [-0.15, -0.1) is 0 Å². The van der Waals surface area contributed by atoms with Gasteiger partial charge in [0.15, 0.2) is 0 Å². The van der Waals surface area contributed by atoms with E-state index in [0.717, 1.165) is 25.4 Å². The van der Waals surface area contributed by atoms with E-state index >= 15 is 0 Å². The zero-order valence-corrected chi connectivity index (χ0v) is 11.6. The molecule has 2 nitrogen and oxygen atoms in total. The molecule has 1 aliphatic rings. The lowest BCUT2D eigenvalue weighted by Crippen LogP contribution is -2.32. The van der Waals surface area contributed by atoms with E-state index in [4.69, 9.17) is 4.74 Å². The van der Waals surface area contributed by atoms with Crippen LogP contribution in [0.5, 0.6) is 0 Å². The van der Waals surface area contributed by atoms with E-state index in [1.54, 1.807) is 0 Å². The molecule has 0 bridgehead atoms. The van der Waals surface area contributed by atoms with Gasteiger partial charge in [0.05, 0.1) is 6.10 Å². The van der Waals surface area contributed by atoms with E-state index < -0.39 is 0 Å². The van der Waals surface area contributed by atoms with Gasteiger partial charge in [-0.25, -0.2) is 0 Å². The molecule has 96 valence electrons. The summed E-state index contributed by atoms with van der Waals surface area (Å²) in [6.07, 6.45) is 8.30. The van der Waals surface area contributed by atoms with Gasteiger partial charge in [0.2, 0.25) is 0 Å². The van der Waals surface area contributed by atoms with Crippen molar-refractivity contribution < 1.29 is 4.74 Å². The van der Waals surface area contributed by atoms with E-state index in [-0.39, 0.29) is 0 Å². The summed E-state index contributed by atoms with van der Waals surface area (Å²) in [6, 6.07) is 0. The molecule has 0 N–H and O–H groups in total. The van der Waals surface area contributed by atoms with Crippen molar-refractivity contribution >= 4 is 12.6 Å². The van der Waals surface area contributed by atoms with Crippen molar-refractivity contribution in [2.75, 3.05) is 32.0 Å². The largest absolute Gasteiger partial charge is 0.377 e. The van der Waals surface area contributed by atoms with E-state index in [0.29, 0.717) is 6.10 Å². The van der Waals surface area contributed by atoms with Gasteiger partial charge < -0.3 is 9.64 Å². The Labute approximate surface area is 106 Å². The molecule has 0 aliphatic carbocycles. The molecule has 0 saturated carbocycles. The zero-order valence-electron chi connectivity index (χ0n) is 10.7. The fraction of sp³-hybridized carbons (Fsp3) is 1.00. The summed E-state index contributed by atoms with van der Waals surface area (Å²) < 4.78 is 5.68. The minimum absolute atomic E-state index is 0.511. The number of hydrogen-bond donors (Lipinski definition) is 1. The average molecular weight is 245 g/mol. The summed E-state index contributed by atoms with van der Waals surface area (Å²) in [5.74, 6) is 1.04. The normalized spacial score (nSPS) is 20.8. The molecule has 1 saturated heterocycles.